The van der Waals surface area contributed by atoms with Crippen LogP contribution < -0.4 is 5.32 Å². The fourth-order valence-electron chi connectivity index (χ4n) is 1.77. The van der Waals surface area contributed by atoms with Crippen LogP contribution in [-0.4, -0.2) is 30.9 Å². The Balaban J connectivity index is 2.13. The molecule has 1 atom stereocenters. The number of rotatable bonds is 2. The summed E-state index contributed by atoms with van der Waals surface area (Å²) in [5, 5.41) is 13.2. The highest BCUT2D eigenvalue weighted by atomic mass is 79.9. The van der Waals surface area contributed by atoms with E-state index in [1.165, 1.54) is 0 Å². The fourth-order valence-corrected chi connectivity index (χ4v) is 3.08. The molecule has 2 N–H and O–H groups in total. The van der Waals surface area contributed by atoms with Gasteiger partial charge in [-0.25, -0.2) is 0 Å². The van der Waals surface area contributed by atoms with E-state index in [0.717, 1.165) is 36.2 Å². The fraction of sp³-hybridized carbons (Fsp3) is 0.455. The zero-order chi connectivity index (χ0) is 11.5. The Kier molecular flexibility index (Phi) is 4.24. The number of phenols is 1. The van der Waals surface area contributed by atoms with Gasteiger partial charge in [-0.05, 0) is 33.6 Å². The van der Waals surface area contributed by atoms with Crippen molar-refractivity contribution in [2.75, 3.05) is 19.7 Å². The molecule has 2 rings (SSSR count). The minimum atomic E-state index is 0.140. The maximum Gasteiger partial charge on any atom is 0.133 e. The summed E-state index contributed by atoms with van der Waals surface area (Å²) in [6.45, 7) is 2.48. The maximum absolute atomic E-state index is 9.91. The molecule has 1 aromatic carbocycles. The molecule has 88 valence electrons. The van der Waals surface area contributed by atoms with Crippen LogP contribution in [-0.2, 0) is 11.2 Å². The summed E-state index contributed by atoms with van der Waals surface area (Å²) in [6, 6.07) is 3.76. The molecule has 1 fully saturated rings. The molecular formula is C11H13Br2NO2. The van der Waals surface area contributed by atoms with Crippen molar-refractivity contribution in [3.63, 3.8) is 0 Å². The minimum absolute atomic E-state index is 0.140. The van der Waals surface area contributed by atoms with Crippen molar-refractivity contribution in [3.8, 4) is 5.75 Å². The molecule has 1 saturated heterocycles. The van der Waals surface area contributed by atoms with Gasteiger partial charge in [0.2, 0.25) is 0 Å². The quantitative estimate of drug-likeness (QED) is 0.860. The first kappa shape index (κ1) is 12.4. The Bertz CT molecular complexity index is 378. The van der Waals surface area contributed by atoms with Gasteiger partial charge in [0.05, 0.1) is 17.2 Å². The standard InChI is InChI=1S/C11H13Br2NO2/c12-8-3-7(11(15)10(13)5-8)4-9-6-14-1-2-16-9/h3,5,9,14-15H,1-2,4,6H2. The van der Waals surface area contributed by atoms with Crippen LogP contribution in [0.1, 0.15) is 5.56 Å². The Hall–Kier alpha value is -0.100. The minimum Gasteiger partial charge on any atom is -0.506 e. The van der Waals surface area contributed by atoms with E-state index in [4.69, 9.17) is 4.74 Å². The van der Waals surface area contributed by atoms with E-state index in [2.05, 4.69) is 37.2 Å². The lowest BCUT2D eigenvalue weighted by atomic mass is 10.1. The van der Waals surface area contributed by atoms with Gasteiger partial charge in [-0.15, -0.1) is 0 Å². The first-order chi connectivity index (χ1) is 7.66. The highest BCUT2D eigenvalue weighted by molar-refractivity contribution is 9.11. The monoisotopic (exact) mass is 349 g/mol. The van der Waals surface area contributed by atoms with Gasteiger partial charge in [-0.3, -0.25) is 0 Å². The molecule has 0 bridgehead atoms. The maximum atomic E-state index is 9.91. The van der Waals surface area contributed by atoms with Gasteiger partial charge >= 0.3 is 0 Å². The second-order valence-electron chi connectivity index (χ2n) is 3.80. The molecule has 3 nitrogen and oxygen atoms in total. The summed E-state index contributed by atoms with van der Waals surface area (Å²) >= 11 is 6.74. The third kappa shape index (κ3) is 2.97. The molecule has 0 aromatic heterocycles. The number of hydrogen-bond acceptors (Lipinski definition) is 3. The van der Waals surface area contributed by atoms with E-state index in [9.17, 15) is 5.11 Å². The molecule has 0 aliphatic carbocycles. The predicted molar refractivity (Wildman–Crippen MR) is 69.8 cm³/mol. The SMILES string of the molecule is Oc1c(Br)cc(Br)cc1CC1CNCCO1. The normalized spacial score (nSPS) is 21.0. The van der Waals surface area contributed by atoms with Gasteiger partial charge in [0.15, 0.2) is 0 Å². The van der Waals surface area contributed by atoms with Crippen LogP contribution in [0.3, 0.4) is 0 Å². The summed E-state index contributed by atoms with van der Waals surface area (Å²) in [6.07, 6.45) is 0.859. The van der Waals surface area contributed by atoms with Crippen LogP contribution in [0.25, 0.3) is 0 Å². The Morgan fingerprint density at radius 3 is 2.94 bits per heavy atom. The van der Waals surface area contributed by atoms with Crippen molar-refractivity contribution in [1.29, 1.82) is 0 Å². The highest BCUT2D eigenvalue weighted by Gasteiger charge is 2.17. The van der Waals surface area contributed by atoms with Gasteiger partial charge in [0.1, 0.15) is 5.75 Å². The molecule has 1 unspecified atom stereocenters. The van der Waals surface area contributed by atoms with Gasteiger partial charge in [0, 0.05) is 24.0 Å². The third-order valence-electron chi connectivity index (χ3n) is 2.56. The average molecular weight is 351 g/mol. The number of nitrogens with one attached hydrogen (secondary N) is 1. The van der Waals surface area contributed by atoms with Crippen molar-refractivity contribution in [2.45, 2.75) is 12.5 Å². The summed E-state index contributed by atoms with van der Waals surface area (Å²) < 4.78 is 7.28. The van der Waals surface area contributed by atoms with Gasteiger partial charge < -0.3 is 15.2 Å². The van der Waals surface area contributed by atoms with Crippen LogP contribution in [0.2, 0.25) is 0 Å². The number of halogens is 2. The molecule has 0 amide bonds. The zero-order valence-electron chi connectivity index (χ0n) is 8.67. The van der Waals surface area contributed by atoms with E-state index in [0.29, 0.717) is 10.2 Å². The molecule has 1 heterocycles. The lowest BCUT2D eigenvalue weighted by Crippen LogP contribution is -2.39. The number of hydrogen-bond donors (Lipinski definition) is 2. The topological polar surface area (TPSA) is 41.5 Å². The van der Waals surface area contributed by atoms with E-state index in [-0.39, 0.29) is 6.10 Å². The van der Waals surface area contributed by atoms with Crippen molar-refractivity contribution in [1.82, 2.24) is 5.32 Å². The van der Waals surface area contributed by atoms with E-state index in [1.54, 1.807) is 0 Å². The second kappa shape index (κ2) is 5.49. The molecule has 1 aliphatic heterocycles. The van der Waals surface area contributed by atoms with Crippen molar-refractivity contribution < 1.29 is 9.84 Å². The molecule has 5 heteroatoms. The van der Waals surface area contributed by atoms with Crippen LogP contribution in [0.5, 0.6) is 5.75 Å². The smallest absolute Gasteiger partial charge is 0.133 e. The number of phenolic OH excluding ortho intramolecular Hbond substituents is 1. The molecule has 1 aromatic rings. The predicted octanol–water partition coefficient (Wildman–Crippen LogP) is 2.45. The van der Waals surface area contributed by atoms with Gasteiger partial charge in [0.25, 0.3) is 0 Å². The molecule has 0 spiro atoms. The van der Waals surface area contributed by atoms with Crippen LogP contribution in [0.4, 0.5) is 0 Å². The van der Waals surface area contributed by atoms with Crippen molar-refractivity contribution in [2.24, 2.45) is 0 Å². The third-order valence-corrected chi connectivity index (χ3v) is 3.62. The number of morpholine rings is 1. The molecular weight excluding hydrogens is 338 g/mol. The Labute approximate surface area is 111 Å². The second-order valence-corrected chi connectivity index (χ2v) is 5.57. The van der Waals surface area contributed by atoms with Gasteiger partial charge in [-0.1, -0.05) is 15.9 Å². The zero-order valence-corrected chi connectivity index (χ0v) is 11.8. The Morgan fingerprint density at radius 2 is 2.25 bits per heavy atom. The molecule has 1 aliphatic rings. The lowest BCUT2D eigenvalue weighted by molar-refractivity contribution is 0.0289. The molecule has 0 saturated carbocycles. The summed E-state index contributed by atoms with van der Waals surface area (Å²) in [7, 11) is 0. The summed E-state index contributed by atoms with van der Waals surface area (Å²) in [4.78, 5) is 0. The summed E-state index contributed by atoms with van der Waals surface area (Å²) in [5.41, 5.74) is 0.898. The van der Waals surface area contributed by atoms with Crippen LogP contribution >= 0.6 is 31.9 Å². The molecule has 16 heavy (non-hydrogen) atoms. The number of ether oxygens (including phenoxy) is 1. The van der Waals surface area contributed by atoms with E-state index < -0.39 is 0 Å². The van der Waals surface area contributed by atoms with E-state index >= 15 is 0 Å². The number of benzene rings is 1. The largest absolute Gasteiger partial charge is 0.506 e. The van der Waals surface area contributed by atoms with Gasteiger partial charge in [-0.2, -0.15) is 0 Å². The molecule has 0 radical (unpaired) electrons. The first-order valence-corrected chi connectivity index (χ1v) is 6.74. The lowest BCUT2D eigenvalue weighted by Gasteiger charge is -2.24. The Morgan fingerprint density at radius 1 is 1.44 bits per heavy atom. The van der Waals surface area contributed by atoms with Crippen LogP contribution in [0, 0.1) is 0 Å². The first-order valence-electron chi connectivity index (χ1n) is 5.16. The van der Waals surface area contributed by atoms with Crippen molar-refractivity contribution >= 4 is 31.9 Å². The van der Waals surface area contributed by atoms with Crippen molar-refractivity contribution in [3.05, 3.63) is 26.6 Å². The average Bonchev–Trinajstić information content (AvgIpc) is 2.27. The van der Waals surface area contributed by atoms with E-state index in [1.807, 2.05) is 12.1 Å². The highest BCUT2D eigenvalue weighted by Crippen LogP contribution is 2.32. The summed E-state index contributed by atoms with van der Waals surface area (Å²) in [5.74, 6) is 0.303. The number of aromatic hydroxyl groups is 1. The van der Waals surface area contributed by atoms with Crippen LogP contribution in [0.15, 0.2) is 21.1 Å².